The van der Waals surface area contributed by atoms with E-state index in [1.54, 1.807) is 35.1 Å². The summed E-state index contributed by atoms with van der Waals surface area (Å²) in [5, 5.41) is 6.12. The van der Waals surface area contributed by atoms with Crippen LogP contribution >= 0.6 is 0 Å². The number of aromatic nitrogens is 1. The number of rotatable bonds is 8. The first-order valence-corrected chi connectivity index (χ1v) is 17.0. The van der Waals surface area contributed by atoms with Gasteiger partial charge in [-0.3, -0.25) is 4.90 Å². The highest BCUT2D eigenvalue weighted by Gasteiger charge is 2.40. The third-order valence-corrected chi connectivity index (χ3v) is 9.10. The maximum Gasteiger partial charge on any atom is 0.416 e. The van der Waals surface area contributed by atoms with Crippen molar-refractivity contribution in [2.45, 2.75) is 64.6 Å². The van der Waals surface area contributed by atoms with E-state index in [0.717, 1.165) is 0 Å². The number of hydrogen-bond acceptors (Lipinski definition) is 9. The van der Waals surface area contributed by atoms with Crippen LogP contribution < -0.4 is 20.3 Å². The lowest BCUT2D eigenvalue weighted by atomic mass is 9.93. The molecule has 1 aromatic carbocycles. The number of nitrogens with zero attached hydrogens (tertiary/aromatic N) is 6. The lowest BCUT2D eigenvalue weighted by molar-refractivity contribution is -0.143. The fourth-order valence-electron chi connectivity index (χ4n) is 6.54. The zero-order valence-corrected chi connectivity index (χ0v) is 29.3. The van der Waals surface area contributed by atoms with Gasteiger partial charge in [-0.05, 0) is 56.5 Å². The Morgan fingerprint density at radius 2 is 1.63 bits per heavy atom. The van der Waals surface area contributed by atoms with Gasteiger partial charge < -0.3 is 34.8 Å². The van der Waals surface area contributed by atoms with Gasteiger partial charge in [0.15, 0.2) is 5.96 Å². The van der Waals surface area contributed by atoms with E-state index in [2.05, 4.69) is 20.6 Å². The number of hydrogen-bond donors (Lipinski definition) is 2. The van der Waals surface area contributed by atoms with Crippen LogP contribution in [-0.2, 0) is 23.6 Å². The number of methoxy groups -OCH3 is 1. The predicted molar refractivity (Wildman–Crippen MR) is 179 cm³/mol. The van der Waals surface area contributed by atoms with E-state index in [9.17, 15) is 35.9 Å². The molecule has 2 aromatic rings. The minimum absolute atomic E-state index is 0.0852. The number of halogens is 6. The summed E-state index contributed by atoms with van der Waals surface area (Å²) < 4.78 is 93.7. The molecule has 3 aliphatic rings. The molecule has 1 saturated heterocycles. The quantitative estimate of drug-likeness (QED) is 0.319. The molecule has 52 heavy (non-hydrogen) atoms. The average Bonchev–Trinajstić information content (AvgIpc) is 3.11. The number of carbonyl (C=O) groups is 2. The highest BCUT2D eigenvalue weighted by Crippen LogP contribution is 2.40. The number of ether oxygens (including phenoxy) is 2. The van der Waals surface area contributed by atoms with Gasteiger partial charge in [-0.15, -0.1) is 0 Å². The Balaban J connectivity index is 1.51. The summed E-state index contributed by atoms with van der Waals surface area (Å²) in [6.07, 6.45) is -8.11. The van der Waals surface area contributed by atoms with E-state index in [-0.39, 0.29) is 55.2 Å². The van der Waals surface area contributed by atoms with Gasteiger partial charge in [-0.1, -0.05) is 6.92 Å². The van der Waals surface area contributed by atoms with Gasteiger partial charge in [0.2, 0.25) is 5.88 Å². The molecule has 3 amide bonds. The Kier molecular flexibility index (Phi) is 11.6. The molecule has 1 aromatic heterocycles. The number of carbonyl (C=O) groups excluding carboxylic acids is 2. The molecule has 4 heterocycles. The van der Waals surface area contributed by atoms with Crippen LogP contribution in [0.3, 0.4) is 0 Å². The van der Waals surface area contributed by atoms with Crippen molar-refractivity contribution in [3.05, 3.63) is 64.6 Å². The van der Waals surface area contributed by atoms with Crippen LogP contribution in [0.1, 0.15) is 62.0 Å². The average molecular weight is 741 g/mol. The Morgan fingerprint density at radius 3 is 2.21 bits per heavy atom. The first kappa shape index (κ1) is 38.3. The number of guanidine groups is 1. The number of aliphatic imine (C=N–C) groups is 1. The minimum Gasteiger partial charge on any atom is -0.481 e. The molecule has 0 bridgehead atoms. The van der Waals surface area contributed by atoms with Gasteiger partial charge in [0.05, 0.1) is 60.7 Å². The maximum atomic E-state index is 13.8. The SMILES string of the molecule is CCNC(=O)N1CCN(C2=CN=C(N[C@H]3C[C@@H](CC)N(C(=O)OCC)c4ccc(OC)nc43)N(Cc3cc(C(F)(F)F)cc(C(F)(F)F)c3)C2)CC1. The predicted octanol–water partition coefficient (Wildman–Crippen LogP) is 5.96. The molecule has 1 fully saturated rings. The highest BCUT2D eigenvalue weighted by atomic mass is 19.4. The number of nitrogens with one attached hydrogen (secondary N) is 2. The summed E-state index contributed by atoms with van der Waals surface area (Å²) >= 11 is 0. The minimum atomic E-state index is -5.02. The number of piperazine rings is 1. The van der Waals surface area contributed by atoms with E-state index >= 15 is 0 Å². The smallest absolute Gasteiger partial charge is 0.416 e. The molecule has 0 saturated carbocycles. The van der Waals surface area contributed by atoms with E-state index in [1.807, 2.05) is 18.7 Å². The Bertz CT molecular complexity index is 1640. The van der Waals surface area contributed by atoms with Gasteiger partial charge in [0.1, 0.15) is 0 Å². The van der Waals surface area contributed by atoms with Crippen molar-refractivity contribution in [3.8, 4) is 5.88 Å². The molecule has 2 N–H and O–H groups in total. The van der Waals surface area contributed by atoms with Gasteiger partial charge in [-0.2, -0.15) is 26.3 Å². The molecule has 5 rings (SSSR count). The van der Waals surface area contributed by atoms with Crippen LogP contribution in [0.25, 0.3) is 0 Å². The normalized spacial score (nSPS) is 19.4. The lowest BCUT2D eigenvalue weighted by Crippen LogP contribution is -2.54. The van der Waals surface area contributed by atoms with E-state index in [0.29, 0.717) is 74.8 Å². The van der Waals surface area contributed by atoms with Crippen molar-refractivity contribution in [1.82, 2.24) is 30.3 Å². The molecule has 18 heteroatoms. The number of amides is 3. The highest BCUT2D eigenvalue weighted by molar-refractivity contribution is 5.90. The number of urea groups is 1. The third kappa shape index (κ3) is 8.58. The van der Waals surface area contributed by atoms with Gasteiger partial charge in [0.25, 0.3) is 0 Å². The van der Waals surface area contributed by atoms with E-state index in [1.165, 1.54) is 12.0 Å². The Labute approximate surface area is 297 Å². The zero-order valence-electron chi connectivity index (χ0n) is 29.3. The number of fused-ring (bicyclic) bond motifs is 1. The Hall–Kier alpha value is -4.90. The topological polar surface area (TPSA) is 115 Å². The van der Waals surface area contributed by atoms with E-state index < -0.39 is 35.6 Å². The monoisotopic (exact) mass is 740 g/mol. The number of pyridine rings is 1. The molecule has 12 nitrogen and oxygen atoms in total. The summed E-state index contributed by atoms with van der Waals surface area (Å²) in [5.74, 6) is 0.458. The summed E-state index contributed by atoms with van der Waals surface area (Å²) in [6.45, 7) is 7.48. The van der Waals surface area contributed by atoms with Gasteiger partial charge >= 0.3 is 24.5 Å². The van der Waals surface area contributed by atoms with Crippen LogP contribution in [-0.4, -0.2) is 96.8 Å². The molecular weight excluding hydrogens is 698 g/mol. The summed E-state index contributed by atoms with van der Waals surface area (Å²) in [5.41, 5.74) is -1.49. The first-order valence-electron chi connectivity index (χ1n) is 17.0. The molecule has 0 radical (unpaired) electrons. The van der Waals surface area contributed by atoms with Crippen LogP contribution in [0.5, 0.6) is 5.88 Å². The maximum absolute atomic E-state index is 13.8. The molecule has 0 spiro atoms. The third-order valence-electron chi connectivity index (χ3n) is 9.10. The van der Waals surface area contributed by atoms with E-state index in [4.69, 9.17) is 9.47 Å². The molecule has 0 unspecified atom stereocenters. The van der Waals surface area contributed by atoms with Crippen molar-refractivity contribution >= 4 is 23.8 Å². The number of anilines is 1. The molecule has 2 atom stereocenters. The number of alkyl halides is 6. The van der Waals surface area contributed by atoms with Crippen LogP contribution in [0, 0.1) is 0 Å². The molecule has 3 aliphatic heterocycles. The van der Waals surface area contributed by atoms with Crippen LogP contribution in [0.4, 0.5) is 41.6 Å². The van der Waals surface area contributed by atoms with Crippen molar-refractivity contribution < 1.29 is 45.4 Å². The number of benzene rings is 1. The van der Waals surface area contributed by atoms with Crippen molar-refractivity contribution in [3.63, 3.8) is 0 Å². The molecule has 0 aliphatic carbocycles. The van der Waals surface area contributed by atoms with Crippen LogP contribution in [0.15, 0.2) is 47.2 Å². The fraction of sp³-hybridized carbons (Fsp3) is 0.529. The fourth-order valence-corrected chi connectivity index (χ4v) is 6.54. The molecule has 284 valence electrons. The summed E-state index contributed by atoms with van der Waals surface area (Å²) in [6, 6.07) is 3.69. The van der Waals surface area contributed by atoms with Gasteiger partial charge in [0, 0.05) is 51.4 Å². The summed E-state index contributed by atoms with van der Waals surface area (Å²) in [4.78, 5) is 41.5. The van der Waals surface area contributed by atoms with Gasteiger partial charge in [-0.25, -0.2) is 19.6 Å². The zero-order chi connectivity index (χ0) is 37.8. The second-order valence-electron chi connectivity index (χ2n) is 12.5. The van der Waals surface area contributed by atoms with Crippen molar-refractivity contribution in [1.29, 1.82) is 0 Å². The second-order valence-corrected chi connectivity index (χ2v) is 12.5. The van der Waals surface area contributed by atoms with Crippen LogP contribution in [0.2, 0.25) is 0 Å². The first-order chi connectivity index (χ1) is 24.7. The summed E-state index contributed by atoms with van der Waals surface area (Å²) in [7, 11) is 1.44. The molecular formula is C34H42F6N8O4. The van der Waals surface area contributed by atoms with Crippen molar-refractivity contribution in [2.24, 2.45) is 4.99 Å². The largest absolute Gasteiger partial charge is 0.481 e. The second kappa shape index (κ2) is 15.8. The standard InChI is InChI=1S/C34H42F6N8O4/c1-5-24-17-26(29-27(8-9-28(44-29)51-4)48(24)32(50)52-7-3)43-30-42-18-25(45-10-12-46(13-11-45)31(49)41-6-2)20-47(30)19-21-14-22(33(35,36)37)16-23(15-21)34(38,39)40/h8-9,14-16,18,24,26H,5-7,10-13,17,19-20H2,1-4H3,(H,41,49)(H,42,43)/t24-,26+/m1/s1. The Morgan fingerprint density at radius 1 is 0.962 bits per heavy atom. The lowest BCUT2D eigenvalue weighted by Gasteiger charge is -2.42. The van der Waals surface area contributed by atoms with Crippen molar-refractivity contribution in [2.75, 3.05) is 57.9 Å².